The summed E-state index contributed by atoms with van der Waals surface area (Å²) < 4.78 is 58.4. The monoisotopic (exact) mass is 338 g/mol. The molecule has 0 saturated carbocycles. The third kappa shape index (κ3) is 1.89. The van der Waals surface area contributed by atoms with Gasteiger partial charge in [-0.25, -0.2) is 0 Å². The molecule has 0 radical (unpaired) electrons. The van der Waals surface area contributed by atoms with Crippen LogP contribution in [-0.4, -0.2) is 30.1 Å². The molecule has 0 spiro atoms. The summed E-state index contributed by atoms with van der Waals surface area (Å²) in [4.78, 5) is 0.846. The number of benzene rings is 1. The molecule has 2 heterocycles. The number of aromatic nitrogens is 1. The molecular weight excluding hydrogens is 332 g/mol. The third-order valence-electron chi connectivity index (χ3n) is 3.03. The topological polar surface area (TPSA) is 29.3 Å². The van der Waals surface area contributed by atoms with Gasteiger partial charge in [-0.15, -0.1) is 0 Å². The van der Waals surface area contributed by atoms with Crippen LogP contribution in [0.1, 0.15) is 0 Å². The maximum absolute atomic E-state index is 13.2. The molecule has 0 bridgehead atoms. The van der Waals surface area contributed by atoms with Gasteiger partial charge in [-0.05, 0) is 18.2 Å². The van der Waals surface area contributed by atoms with Crippen molar-refractivity contribution in [2.24, 2.45) is 0 Å². The first kappa shape index (κ1) is 12.7. The van der Waals surface area contributed by atoms with Crippen molar-refractivity contribution >= 4 is 32.7 Å². The predicted octanol–water partition coefficient (Wildman–Crippen LogP) is 3.68. The van der Waals surface area contributed by atoms with Gasteiger partial charge in [0.05, 0.1) is 18.5 Å². The molecular formula is C11H7BrF4N2O. The van der Waals surface area contributed by atoms with Crippen molar-refractivity contribution < 1.29 is 22.1 Å². The highest BCUT2D eigenvalue weighted by Gasteiger charge is 2.63. The Hall–Kier alpha value is -1.31. The number of nitrogens with zero attached hydrogens (tertiary/aromatic N) is 2. The number of fused-ring (bicyclic) bond motifs is 1. The zero-order chi connectivity index (χ0) is 13.8. The van der Waals surface area contributed by atoms with E-state index in [1.54, 1.807) is 18.2 Å². The summed E-state index contributed by atoms with van der Waals surface area (Å²) in [5.74, 6) is -8.12. The van der Waals surface area contributed by atoms with Crippen LogP contribution in [0.4, 0.5) is 23.4 Å². The molecule has 102 valence electrons. The molecule has 1 aliphatic heterocycles. The van der Waals surface area contributed by atoms with E-state index in [4.69, 9.17) is 4.52 Å². The molecule has 3 nitrogen and oxygen atoms in total. The summed E-state index contributed by atoms with van der Waals surface area (Å²) >= 11 is 3.22. The summed E-state index contributed by atoms with van der Waals surface area (Å²) in [7, 11) is 0. The lowest BCUT2D eigenvalue weighted by molar-refractivity contribution is -0.172. The van der Waals surface area contributed by atoms with Gasteiger partial charge in [0.2, 0.25) is 0 Å². The van der Waals surface area contributed by atoms with Crippen molar-refractivity contribution in [3.05, 3.63) is 22.7 Å². The minimum atomic E-state index is -4.07. The lowest BCUT2D eigenvalue weighted by atomic mass is 10.2. The standard InChI is InChI=1S/C11H7BrF4N2O/c12-6-1-2-8-7(3-6)9(17-19-8)18-4-10(13,14)11(15,16)5-18/h1-3H,4-5H2. The zero-order valence-electron chi connectivity index (χ0n) is 9.34. The molecule has 1 aromatic carbocycles. The average molecular weight is 339 g/mol. The van der Waals surface area contributed by atoms with Crippen LogP contribution in [-0.2, 0) is 0 Å². The van der Waals surface area contributed by atoms with Crippen LogP contribution >= 0.6 is 15.9 Å². The van der Waals surface area contributed by atoms with Gasteiger partial charge in [-0.2, -0.15) is 17.6 Å². The Morgan fingerprint density at radius 2 is 1.79 bits per heavy atom. The number of halogens is 5. The fraction of sp³-hybridized carbons (Fsp3) is 0.364. The van der Waals surface area contributed by atoms with Gasteiger partial charge in [-0.3, -0.25) is 0 Å². The Balaban J connectivity index is 2.05. The Labute approximate surface area is 113 Å². The van der Waals surface area contributed by atoms with Gasteiger partial charge in [0.25, 0.3) is 0 Å². The molecule has 1 saturated heterocycles. The van der Waals surface area contributed by atoms with Gasteiger partial charge in [0, 0.05) is 4.47 Å². The fourth-order valence-corrected chi connectivity index (χ4v) is 2.40. The normalized spacial score (nSPS) is 21.2. The number of hydrogen-bond donors (Lipinski definition) is 0. The lowest BCUT2D eigenvalue weighted by Crippen LogP contribution is -2.38. The Morgan fingerprint density at radius 1 is 1.16 bits per heavy atom. The van der Waals surface area contributed by atoms with Crippen LogP contribution in [0, 0.1) is 0 Å². The number of hydrogen-bond acceptors (Lipinski definition) is 3. The average Bonchev–Trinajstić information content (AvgIpc) is 2.77. The highest BCUT2D eigenvalue weighted by atomic mass is 79.9. The highest BCUT2D eigenvalue weighted by molar-refractivity contribution is 9.10. The molecule has 0 unspecified atom stereocenters. The molecule has 0 aliphatic carbocycles. The van der Waals surface area contributed by atoms with E-state index in [2.05, 4.69) is 21.1 Å². The summed E-state index contributed by atoms with van der Waals surface area (Å²) in [5, 5.41) is 4.03. The van der Waals surface area contributed by atoms with Crippen molar-refractivity contribution in [2.45, 2.75) is 11.8 Å². The van der Waals surface area contributed by atoms with Crippen LogP contribution in [0.5, 0.6) is 0 Å². The number of rotatable bonds is 1. The molecule has 3 rings (SSSR count). The summed E-state index contributed by atoms with van der Waals surface area (Å²) in [6.45, 7) is -2.15. The van der Waals surface area contributed by atoms with Gasteiger partial charge in [0.15, 0.2) is 11.4 Å². The molecule has 8 heteroatoms. The van der Waals surface area contributed by atoms with Crippen molar-refractivity contribution in [3.8, 4) is 0 Å². The van der Waals surface area contributed by atoms with Crippen LogP contribution in [0.3, 0.4) is 0 Å². The molecule has 1 aliphatic rings. The first-order valence-corrected chi connectivity index (χ1v) is 6.15. The van der Waals surface area contributed by atoms with Crippen molar-refractivity contribution in [2.75, 3.05) is 18.0 Å². The first-order valence-electron chi connectivity index (χ1n) is 5.36. The van der Waals surface area contributed by atoms with Gasteiger partial charge in [-0.1, -0.05) is 21.1 Å². The summed E-state index contributed by atoms with van der Waals surface area (Å²) in [6.07, 6.45) is 0. The molecule has 1 aromatic heterocycles. The largest absolute Gasteiger partial charge is 0.354 e. The van der Waals surface area contributed by atoms with Crippen LogP contribution in [0.25, 0.3) is 11.0 Å². The Kier molecular flexibility index (Phi) is 2.57. The maximum atomic E-state index is 13.2. The predicted molar refractivity (Wildman–Crippen MR) is 63.8 cm³/mol. The van der Waals surface area contributed by atoms with Crippen molar-refractivity contribution in [1.82, 2.24) is 5.16 Å². The SMILES string of the molecule is FC1(F)CN(c2noc3ccc(Br)cc23)CC1(F)F. The smallest absolute Gasteiger partial charge is 0.329 e. The second-order valence-corrected chi connectivity index (χ2v) is 5.33. The molecule has 1 fully saturated rings. The van der Waals surface area contributed by atoms with E-state index < -0.39 is 24.9 Å². The van der Waals surface area contributed by atoms with E-state index in [0.717, 1.165) is 4.90 Å². The van der Waals surface area contributed by atoms with Gasteiger partial charge in [0.1, 0.15) is 0 Å². The summed E-state index contributed by atoms with van der Waals surface area (Å²) in [5.41, 5.74) is 0.358. The van der Waals surface area contributed by atoms with Crippen molar-refractivity contribution in [1.29, 1.82) is 0 Å². The van der Waals surface area contributed by atoms with E-state index in [1.165, 1.54) is 0 Å². The molecule has 2 aromatic rings. The first-order chi connectivity index (χ1) is 8.80. The molecule has 0 atom stereocenters. The zero-order valence-corrected chi connectivity index (χ0v) is 10.9. The summed E-state index contributed by atoms with van der Waals surface area (Å²) in [6, 6.07) is 4.86. The van der Waals surface area contributed by atoms with E-state index >= 15 is 0 Å². The quantitative estimate of drug-likeness (QED) is 0.743. The second kappa shape index (κ2) is 3.84. The lowest BCUT2D eigenvalue weighted by Gasteiger charge is -2.14. The fourth-order valence-electron chi connectivity index (χ4n) is 2.04. The minimum Gasteiger partial charge on any atom is -0.354 e. The van der Waals surface area contributed by atoms with E-state index in [0.29, 0.717) is 15.4 Å². The molecule has 0 amide bonds. The number of alkyl halides is 4. The van der Waals surface area contributed by atoms with Crippen LogP contribution in [0.2, 0.25) is 0 Å². The number of anilines is 1. The molecule has 19 heavy (non-hydrogen) atoms. The second-order valence-electron chi connectivity index (χ2n) is 4.41. The van der Waals surface area contributed by atoms with E-state index in [-0.39, 0.29) is 5.82 Å². The highest BCUT2D eigenvalue weighted by Crippen LogP contribution is 2.43. The van der Waals surface area contributed by atoms with E-state index in [1.807, 2.05) is 0 Å². The van der Waals surface area contributed by atoms with Gasteiger partial charge >= 0.3 is 11.8 Å². The minimum absolute atomic E-state index is 0.00755. The van der Waals surface area contributed by atoms with Crippen molar-refractivity contribution in [3.63, 3.8) is 0 Å². The van der Waals surface area contributed by atoms with E-state index in [9.17, 15) is 17.6 Å². The van der Waals surface area contributed by atoms with Crippen LogP contribution in [0.15, 0.2) is 27.2 Å². The maximum Gasteiger partial charge on any atom is 0.329 e. The Morgan fingerprint density at radius 3 is 2.42 bits per heavy atom. The molecule has 0 N–H and O–H groups in total. The third-order valence-corrected chi connectivity index (χ3v) is 3.52. The Bertz CT molecular complexity index is 627. The van der Waals surface area contributed by atoms with Crippen LogP contribution < -0.4 is 4.90 Å². The van der Waals surface area contributed by atoms with Gasteiger partial charge < -0.3 is 9.42 Å².